The Hall–Kier alpha value is -3.79. The Morgan fingerprint density at radius 3 is 2.26 bits per heavy atom. The maximum atomic E-state index is 12.6. The maximum Gasteiger partial charge on any atom is 0.407 e. The number of benzene rings is 2. The Kier molecular flexibility index (Phi) is 9.31. The Balaban J connectivity index is 1.52. The van der Waals surface area contributed by atoms with E-state index in [1.807, 2.05) is 43.3 Å². The maximum absolute atomic E-state index is 12.6. The van der Waals surface area contributed by atoms with Gasteiger partial charge in [0.2, 0.25) is 5.91 Å². The predicted octanol–water partition coefficient (Wildman–Crippen LogP) is 4.31. The predicted molar refractivity (Wildman–Crippen MR) is 134 cm³/mol. The number of terminal acetylenes is 1. The molecule has 2 aromatic carbocycles. The number of hydrogen-bond acceptors (Lipinski definition) is 4. The van der Waals surface area contributed by atoms with Crippen molar-refractivity contribution < 1.29 is 24.2 Å². The quantitative estimate of drug-likeness (QED) is 0.396. The van der Waals surface area contributed by atoms with Crippen LogP contribution in [0.4, 0.5) is 4.79 Å². The first-order chi connectivity index (χ1) is 16.9. The lowest BCUT2D eigenvalue weighted by Crippen LogP contribution is -2.47. The first kappa shape index (κ1) is 25.8. The number of carboxylic acids is 1. The molecule has 35 heavy (non-hydrogen) atoms. The van der Waals surface area contributed by atoms with Crippen molar-refractivity contribution in [1.29, 1.82) is 0 Å². The van der Waals surface area contributed by atoms with Crippen LogP contribution in [0.5, 0.6) is 0 Å². The van der Waals surface area contributed by atoms with Gasteiger partial charge in [-0.1, -0.05) is 61.9 Å². The number of nitrogens with one attached hydrogen (secondary N) is 2. The summed E-state index contributed by atoms with van der Waals surface area (Å²) >= 11 is 0. The topological polar surface area (TPSA) is 105 Å². The Bertz CT molecular complexity index is 1050. The number of amides is 2. The van der Waals surface area contributed by atoms with E-state index < -0.39 is 18.1 Å². The third kappa shape index (κ3) is 6.86. The van der Waals surface area contributed by atoms with E-state index in [4.69, 9.17) is 16.3 Å². The minimum atomic E-state index is -0.908. The molecule has 0 radical (unpaired) electrons. The van der Waals surface area contributed by atoms with Crippen LogP contribution in [-0.2, 0) is 14.3 Å². The number of alkyl carbamates (subject to hydrolysis) is 1. The summed E-state index contributed by atoms with van der Waals surface area (Å²) in [4.78, 5) is 36.0. The molecule has 2 unspecified atom stereocenters. The van der Waals surface area contributed by atoms with Gasteiger partial charge in [-0.15, -0.1) is 12.3 Å². The molecule has 7 heteroatoms. The van der Waals surface area contributed by atoms with Crippen LogP contribution in [0, 0.1) is 18.3 Å². The van der Waals surface area contributed by atoms with Gasteiger partial charge in [-0.05, 0) is 41.0 Å². The van der Waals surface area contributed by atoms with Crippen LogP contribution in [0.25, 0.3) is 11.1 Å². The number of ether oxygens (including phenoxy) is 1. The molecule has 2 atom stereocenters. The van der Waals surface area contributed by atoms with Gasteiger partial charge in [-0.25, -0.2) is 4.79 Å². The third-order valence-corrected chi connectivity index (χ3v) is 6.47. The van der Waals surface area contributed by atoms with Crippen molar-refractivity contribution >= 4 is 18.0 Å². The summed E-state index contributed by atoms with van der Waals surface area (Å²) in [5.41, 5.74) is 4.48. The zero-order valence-corrected chi connectivity index (χ0v) is 20.0. The van der Waals surface area contributed by atoms with Gasteiger partial charge < -0.3 is 20.5 Å². The van der Waals surface area contributed by atoms with E-state index in [0.29, 0.717) is 19.4 Å². The van der Waals surface area contributed by atoms with Crippen LogP contribution in [0.1, 0.15) is 56.1 Å². The fourth-order valence-electron chi connectivity index (χ4n) is 4.51. The average Bonchev–Trinajstić information content (AvgIpc) is 3.18. The lowest BCUT2D eigenvalue weighted by atomic mass is 9.96. The molecule has 2 amide bonds. The van der Waals surface area contributed by atoms with Crippen molar-refractivity contribution in [2.75, 3.05) is 13.2 Å². The molecule has 2 aromatic rings. The molecule has 7 nitrogen and oxygen atoms in total. The fourth-order valence-corrected chi connectivity index (χ4v) is 4.51. The Morgan fingerprint density at radius 2 is 1.69 bits per heavy atom. The summed E-state index contributed by atoms with van der Waals surface area (Å²) in [5, 5.41) is 14.2. The van der Waals surface area contributed by atoms with Gasteiger partial charge in [-0.3, -0.25) is 9.59 Å². The van der Waals surface area contributed by atoms with Gasteiger partial charge in [-0.2, -0.15) is 0 Å². The van der Waals surface area contributed by atoms with E-state index in [2.05, 4.69) is 28.7 Å². The van der Waals surface area contributed by atoms with E-state index in [1.54, 1.807) is 0 Å². The number of hydrogen-bond donors (Lipinski definition) is 3. The summed E-state index contributed by atoms with van der Waals surface area (Å²) in [7, 11) is 0. The molecule has 1 aliphatic rings. The van der Waals surface area contributed by atoms with E-state index in [-0.39, 0.29) is 37.2 Å². The molecule has 0 saturated heterocycles. The highest BCUT2D eigenvalue weighted by Gasteiger charge is 2.29. The molecule has 0 fully saturated rings. The van der Waals surface area contributed by atoms with Crippen LogP contribution in [0.3, 0.4) is 0 Å². The fraction of sp³-hybridized carbons (Fsp3) is 0.393. The standard InChI is InChI=1S/C28H32N2O5/c1-3-9-25(27(33)29-17-16-19(4-2)14-15-26(31)32)30-28(34)35-18-24-22-12-7-5-10-20(22)21-11-6-8-13-23(21)24/h1,5-8,10-13,19,24-25H,4,9,14-18H2,2H3,(H,29,33)(H,30,34)(H,31,32). The van der Waals surface area contributed by atoms with Crippen molar-refractivity contribution in [3.05, 3.63) is 59.7 Å². The van der Waals surface area contributed by atoms with Gasteiger partial charge in [0.05, 0.1) is 0 Å². The molecular formula is C28H32N2O5. The molecule has 3 N–H and O–H groups in total. The zero-order chi connectivity index (χ0) is 25.2. The molecule has 0 aromatic heterocycles. The lowest BCUT2D eigenvalue weighted by Gasteiger charge is -2.19. The molecule has 3 rings (SSSR count). The average molecular weight is 477 g/mol. The molecule has 1 aliphatic carbocycles. The molecule has 0 spiro atoms. The SMILES string of the molecule is C#CCC(NC(=O)OCC1c2ccccc2-c2ccccc21)C(=O)NCCC(CC)CCC(=O)O. The molecule has 184 valence electrons. The van der Waals surface area contributed by atoms with Crippen LogP contribution in [0.15, 0.2) is 48.5 Å². The summed E-state index contributed by atoms with van der Waals surface area (Å²) < 4.78 is 5.53. The number of fused-ring (bicyclic) bond motifs is 3. The van der Waals surface area contributed by atoms with Gasteiger partial charge in [0.15, 0.2) is 0 Å². The summed E-state index contributed by atoms with van der Waals surface area (Å²) in [6.45, 7) is 2.52. The van der Waals surface area contributed by atoms with Crippen molar-refractivity contribution in [3.8, 4) is 23.5 Å². The summed E-state index contributed by atoms with van der Waals surface area (Å²) in [5.74, 6) is 1.34. The van der Waals surface area contributed by atoms with E-state index in [0.717, 1.165) is 28.7 Å². The third-order valence-electron chi connectivity index (χ3n) is 6.47. The number of aliphatic carboxylic acids is 1. The summed E-state index contributed by atoms with van der Waals surface area (Å²) in [6, 6.07) is 15.2. The second kappa shape index (κ2) is 12.6. The minimum Gasteiger partial charge on any atom is -0.481 e. The number of carboxylic acid groups (broad SMARTS) is 1. The van der Waals surface area contributed by atoms with Crippen molar-refractivity contribution in [1.82, 2.24) is 10.6 Å². The van der Waals surface area contributed by atoms with E-state index in [9.17, 15) is 14.4 Å². The molecule has 0 heterocycles. The van der Waals surface area contributed by atoms with Gasteiger partial charge in [0, 0.05) is 25.3 Å². The minimum absolute atomic E-state index is 0.0340. The smallest absolute Gasteiger partial charge is 0.407 e. The largest absolute Gasteiger partial charge is 0.481 e. The highest BCUT2D eigenvalue weighted by molar-refractivity contribution is 5.86. The normalized spacial score (nSPS) is 13.6. The first-order valence-electron chi connectivity index (χ1n) is 12.0. The van der Waals surface area contributed by atoms with Gasteiger partial charge in [0.25, 0.3) is 0 Å². The number of carbonyl (C=O) groups excluding carboxylic acids is 2. The van der Waals surface area contributed by atoms with Crippen molar-refractivity contribution in [2.45, 2.75) is 51.0 Å². The highest BCUT2D eigenvalue weighted by atomic mass is 16.5. The Labute approximate surface area is 206 Å². The van der Waals surface area contributed by atoms with E-state index >= 15 is 0 Å². The monoisotopic (exact) mass is 476 g/mol. The molecular weight excluding hydrogens is 444 g/mol. The molecule has 0 saturated carbocycles. The second-order valence-electron chi connectivity index (χ2n) is 8.72. The number of rotatable bonds is 12. The van der Waals surface area contributed by atoms with Crippen molar-refractivity contribution in [3.63, 3.8) is 0 Å². The number of carbonyl (C=O) groups is 3. The van der Waals surface area contributed by atoms with Crippen LogP contribution < -0.4 is 10.6 Å². The van der Waals surface area contributed by atoms with Crippen LogP contribution in [-0.4, -0.2) is 42.3 Å². The van der Waals surface area contributed by atoms with Gasteiger partial charge >= 0.3 is 12.1 Å². The van der Waals surface area contributed by atoms with Crippen LogP contribution >= 0.6 is 0 Å². The Morgan fingerprint density at radius 1 is 1.06 bits per heavy atom. The first-order valence-corrected chi connectivity index (χ1v) is 12.0. The molecule has 0 aliphatic heterocycles. The molecule has 0 bridgehead atoms. The van der Waals surface area contributed by atoms with Crippen LogP contribution in [0.2, 0.25) is 0 Å². The zero-order valence-electron chi connectivity index (χ0n) is 20.0. The van der Waals surface area contributed by atoms with Gasteiger partial charge in [0.1, 0.15) is 12.6 Å². The second-order valence-corrected chi connectivity index (χ2v) is 8.72. The summed E-state index contributed by atoms with van der Waals surface area (Å²) in [6.07, 6.45) is 6.90. The van der Waals surface area contributed by atoms with Crippen molar-refractivity contribution in [2.24, 2.45) is 5.92 Å². The lowest BCUT2D eigenvalue weighted by molar-refractivity contribution is -0.137. The highest BCUT2D eigenvalue weighted by Crippen LogP contribution is 2.44. The van der Waals surface area contributed by atoms with E-state index in [1.165, 1.54) is 0 Å².